The molecule has 1 saturated carbocycles. The lowest BCUT2D eigenvalue weighted by molar-refractivity contribution is -0.137. The highest BCUT2D eigenvalue weighted by Gasteiger charge is 2.41. The predicted molar refractivity (Wildman–Crippen MR) is 249 cm³/mol. The number of benzene rings is 2. The monoisotopic (exact) mass is 947 g/mol. The maximum atomic E-state index is 13.0. The zero-order valence-electron chi connectivity index (χ0n) is 38.8. The second-order valence-electron chi connectivity index (χ2n) is 16.9. The molecule has 4 aromatic rings. The van der Waals surface area contributed by atoms with Crippen molar-refractivity contribution in [1.82, 2.24) is 35.1 Å². The van der Waals surface area contributed by atoms with Crippen molar-refractivity contribution in [1.29, 1.82) is 5.26 Å². The molecule has 21 nitrogen and oxygen atoms in total. The second-order valence-corrected chi connectivity index (χ2v) is 16.9. The van der Waals surface area contributed by atoms with Crippen LogP contribution in [0.1, 0.15) is 102 Å². The molecule has 5 amide bonds. The largest absolute Gasteiger partial charge is 0.495 e. The van der Waals surface area contributed by atoms with Gasteiger partial charge in [-0.05, 0) is 56.0 Å². The molecule has 2 unspecified atom stereocenters. The van der Waals surface area contributed by atoms with Gasteiger partial charge in [0.2, 0.25) is 23.7 Å². The van der Waals surface area contributed by atoms with Crippen LogP contribution in [0.2, 0.25) is 0 Å². The molecule has 2 atom stereocenters. The molecule has 2 aromatic carbocycles. The van der Waals surface area contributed by atoms with E-state index in [4.69, 9.17) is 28.7 Å². The molecule has 3 aliphatic heterocycles. The average molecular weight is 948 g/mol. The minimum Gasteiger partial charge on any atom is -0.495 e. The first-order valence-electron chi connectivity index (χ1n) is 23.4. The van der Waals surface area contributed by atoms with Crippen molar-refractivity contribution in [3.05, 3.63) is 77.0 Å². The topological polar surface area (TPSA) is 253 Å². The Morgan fingerprint density at radius 3 is 2.36 bits per heavy atom. The van der Waals surface area contributed by atoms with E-state index in [1.54, 1.807) is 48.9 Å². The van der Waals surface area contributed by atoms with Crippen molar-refractivity contribution in [2.75, 3.05) is 82.0 Å². The molecule has 0 spiro atoms. The minimum absolute atomic E-state index is 0.0491. The number of hydrogen-bond acceptors (Lipinski definition) is 16. The Kier molecular flexibility index (Phi) is 16.1. The summed E-state index contributed by atoms with van der Waals surface area (Å²) in [5.74, 6) is -0.107. The van der Waals surface area contributed by atoms with Crippen molar-refractivity contribution in [2.24, 2.45) is 0 Å². The van der Waals surface area contributed by atoms with Gasteiger partial charge in [0.15, 0.2) is 11.5 Å². The van der Waals surface area contributed by atoms with E-state index in [-0.39, 0.29) is 74.7 Å². The number of nitrogens with one attached hydrogen (secondary N) is 4. The third kappa shape index (κ3) is 11.2. The zero-order chi connectivity index (χ0) is 48.3. The van der Waals surface area contributed by atoms with Gasteiger partial charge in [-0.25, -0.2) is 9.97 Å². The number of amides is 5. The van der Waals surface area contributed by atoms with E-state index in [2.05, 4.69) is 49.1 Å². The lowest BCUT2D eigenvalue weighted by Gasteiger charge is -2.41. The van der Waals surface area contributed by atoms with Crippen LogP contribution in [0.5, 0.6) is 5.75 Å². The summed E-state index contributed by atoms with van der Waals surface area (Å²) < 4.78 is 29.9. The van der Waals surface area contributed by atoms with Gasteiger partial charge in [0.05, 0.1) is 90.0 Å². The Morgan fingerprint density at radius 2 is 1.65 bits per heavy atom. The number of carbonyl (C=O) groups is 5. The molecule has 4 N–H and O–H groups in total. The number of fused-ring (bicyclic) bond motifs is 4. The first-order valence-corrected chi connectivity index (χ1v) is 23.4. The number of rotatable bonds is 23. The first kappa shape index (κ1) is 48.5. The van der Waals surface area contributed by atoms with Crippen LogP contribution in [0.3, 0.4) is 0 Å². The van der Waals surface area contributed by atoms with Crippen LogP contribution in [0, 0.1) is 11.3 Å². The summed E-state index contributed by atoms with van der Waals surface area (Å²) >= 11 is 0. The molecule has 1 aliphatic carbocycles. The number of aromatic nitrogens is 4. The number of nitriles is 1. The third-order valence-electron chi connectivity index (χ3n) is 12.6. The summed E-state index contributed by atoms with van der Waals surface area (Å²) in [7, 11) is 1.54. The van der Waals surface area contributed by atoms with Gasteiger partial charge in [0.1, 0.15) is 29.9 Å². The fraction of sp³-hybridized carbons (Fsp3) is 0.479. The number of anilines is 4. The third-order valence-corrected chi connectivity index (χ3v) is 12.6. The summed E-state index contributed by atoms with van der Waals surface area (Å²) in [6.07, 6.45) is 9.12. The molecule has 1 saturated heterocycles. The van der Waals surface area contributed by atoms with Crippen LogP contribution in [-0.2, 0) is 39.9 Å². The molecule has 8 rings (SSSR count). The molecule has 0 bridgehead atoms. The number of carbonyl (C=O) groups excluding carboxylic acids is 5. The molecule has 2 aromatic heterocycles. The standard InChI is InChI=1S/C48H57N11O10/c1-3-37-43-36(26-49)52-29-58(43)39-27-51-48(56-44(39)59(37)31-7-4-5-8-31)54-35-12-11-30(25-40(35)65-2)45(62)50-16-18-67-20-22-69-24-23-68-21-19-66-17-15-42(61)53-34-10-6-9-32-33(34)28-57(47(32)64)38-13-14-41(60)55-46(38)63/h6,9-12,25,27,29,31,37-38H,3-5,7-8,13-24,28H2,1-2H3,(H,50,62)(H,53,61)(H,51,54,56)(H,55,60,63). The Bertz CT molecular complexity index is 2570. The molecule has 4 aliphatic rings. The minimum atomic E-state index is -0.737. The molecule has 364 valence electrons. The van der Waals surface area contributed by atoms with Gasteiger partial charge in [0, 0.05) is 47.9 Å². The van der Waals surface area contributed by atoms with Crippen molar-refractivity contribution >= 4 is 52.7 Å². The zero-order valence-corrected chi connectivity index (χ0v) is 38.8. The Morgan fingerprint density at radius 1 is 0.913 bits per heavy atom. The lowest BCUT2D eigenvalue weighted by atomic mass is 10.0. The first-order chi connectivity index (χ1) is 33.7. The van der Waals surface area contributed by atoms with E-state index in [1.807, 2.05) is 4.57 Å². The number of piperidine rings is 1. The number of ether oxygens (including phenoxy) is 5. The molecule has 69 heavy (non-hydrogen) atoms. The van der Waals surface area contributed by atoms with E-state index in [1.165, 1.54) is 12.0 Å². The van der Waals surface area contributed by atoms with Crippen LogP contribution in [0.4, 0.5) is 23.1 Å². The van der Waals surface area contributed by atoms with E-state index in [0.717, 1.165) is 49.3 Å². The number of methoxy groups -OCH3 is 1. The Hall–Kier alpha value is -6.99. The molecule has 2 fully saturated rings. The highest BCUT2D eigenvalue weighted by atomic mass is 16.6. The fourth-order valence-electron chi connectivity index (χ4n) is 9.26. The van der Waals surface area contributed by atoms with Crippen molar-refractivity contribution < 1.29 is 47.7 Å². The van der Waals surface area contributed by atoms with Crippen LogP contribution >= 0.6 is 0 Å². The fourth-order valence-corrected chi connectivity index (χ4v) is 9.26. The maximum Gasteiger partial charge on any atom is 0.255 e. The Balaban J connectivity index is 0.680. The number of nitrogens with zero attached hydrogens (tertiary/aromatic N) is 7. The summed E-state index contributed by atoms with van der Waals surface area (Å²) in [4.78, 5) is 80.5. The van der Waals surface area contributed by atoms with Gasteiger partial charge in [-0.1, -0.05) is 25.8 Å². The van der Waals surface area contributed by atoms with Crippen molar-refractivity contribution in [3.8, 4) is 17.5 Å². The smallest absolute Gasteiger partial charge is 0.255 e. The molecular weight excluding hydrogens is 891 g/mol. The van der Waals surface area contributed by atoms with Crippen LogP contribution in [0.25, 0.3) is 5.69 Å². The predicted octanol–water partition coefficient (Wildman–Crippen LogP) is 4.09. The maximum absolute atomic E-state index is 13.0. The van der Waals surface area contributed by atoms with E-state index in [0.29, 0.717) is 91.6 Å². The van der Waals surface area contributed by atoms with E-state index < -0.39 is 11.9 Å². The van der Waals surface area contributed by atoms with E-state index in [9.17, 15) is 29.2 Å². The van der Waals surface area contributed by atoms with Gasteiger partial charge < -0.3 is 49.4 Å². The summed E-state index contributed by atoms with van der Waals surface area (Å²) in [5, 5.41) is 21.1. The summed E-state index contributed by atoms with van der Waals surface area (Å²) in [5.41, 5.74) is 4.63. The summed E-state index contributed by atoms with van der Waals surface area (Å²) in [6.45, 7) is 5.03. The normalized spacial score (nSPS) is 17.5. The quantitative estimate of drug-likeness (QED) is 0.0604. The van der Waals surface area contributed by atoms with E-state index >= 15 is 0 Å². The highest BCUT2D eigenvalue weighted by Crippen LogP contribution is 2.45. The molecule has 0 radical (unpaired) electrons. The van der Waals surface area contributed by atoms with Crippen molar-refractivity contribution in [2.45, 2.75) is 83.0 Å². The molecular formula is C48H57N11O10. The highest BCUT2D eigenvalue weighted by molar-refractivity contribution is 6.07. The average Bonchev–Trinajstić information content (AvgIpc) is 4.12. The molecule has 21 heteroatoms. The molecule has 5 heterocycles. The van der Waals surface area contributed by atoms with Crippen LogP contribution in [0.15, 0.2) is 48.9 Å². The SMILES string of the molecule is CCC1c2c(C#N)ncn2-c2cnc(Nc3ccc(C(=O)NCCOCCOCCOCCOCCC(=O)Nc4cccc5c4CN(C4CCC(=O)NC4=O)C5=O)cc3OC)nc2N1C1CCCC1. The van der Waals surface area contributed by atoms with Gasteiger partial charge in [-0.15, -0.1) is 0 Å². The summed E-state index contributed by atoms with van der Waals surface area (Å²) in [6, 6.07) is 11.9. The number of imidazole rings is 1. The van der Waals surface area contributed by atoms with Crippen LogP contribution < -0.4 is 30.9 Å². The van der Waals surface area contributed by atoms with Gasteiger partial charge in [0.25, 0.3) is 11.8 Å². The van der Waals surface area contributed by atoms with Gasteiger partial charge >= 0.3 is 0 Å². The second kappa shape index (κ2) is 22.9. The van der Waals surface area contributed by atoms with Gasteiger partial charge in [-0.2, -0.15) is 10.2 Å². The van der Waals surface area contributed by atoms with Crippen LogP contribution in [-0.4, -0.2) is 133 Å². The lowest BCUT2D eigenvalue weighted by Crippen LogP contribution is -2.52. The van der Waals surface area contributed by atoms with Gasteiger partial charge in [-0.3, -0.25) is 33.9 Å². The number of hydrogen-bond donors (Lipinski definition) is 4. The van der Waals surface area contributed by atoms with Crippen molar-refractivity contribution in [3.63, 3.8) is 0 Å². The Labute approximate surface area is 399 Å². The number of imide groups is 1.